The van der Waals surface area contributed by atoms with E-state index in [1.54, 1.807) is 0 Å². The molecular weight excluding hydrogens is 340 g/mol. The van der Waals surface area contributed by atoms with E-state index in [1.807, 2.05) is 27.7 Å². The molecule has 1 aromatic rings. The number of nitrogens with zero attached hydrogens (tertiary/aromatic N) is 1. The van der Waals surface area contributed by atoms with Crippen LogP contribution >= 0.6 is 0 Å². The van der Waals surface area contributed by atoms with Crippen LogP contribution in [0.5, 0.6) is 0 Å². The van der Waals surface area contributed by atoms with Gasteiger partial charge in [-0.15, -0.1) is 6.42 Å². The van der Waals surface area contributed by atoms with Crippen LogP contribution in [0.4, 0.5) is 0 Å². The Labute approximate surface area is 152 Å². The highest BCUT2D eigenvalue weighted by atomic mass is 16.6. The second kappa shape index (κ2) is 9.14. The molecule has 1 fully saturated rings. The summed E-state index contributed by atoms with van der Waals surface area (Å²) in [6, 6.07) is 1.25. The Kier molecular flexibility index (Phi) is 7.17. The average molecular weight is 366 g/mol. The van der Waals surface area contributed by atoms with Gasteiger partial charge in [0.1, 0.15) is 24.9 Å². The van der Waals surface area contributed by atoms with Crippen molar-refractivity contribution in [2.24, 2.45) is 0 Å². The number of nitrogens with one attached hydrogen (secondary N) is 1. The van der Waals surface area contributed by atoms with Gasteiger partial charge in [0, 0.05) is 12.3 Å². The minimum atomic E-state index is -0.794. The lowest BCUT2D eigenvalue weighted by atomic mass is 10.1. The van der Waals surface area contributed by atoms with Gasteiger partial charge in [0.2, 0.25) is 0 Å². The van der Waals surface area contributed by atoms with Gasteiger partial charge in [0.15, 0.2) is 6.23 Å². The molecule has 1 aliphatic rings. The van der Waals surface area contributed by atoms with Crippen LogP contribution in [-0.2, 0) is 18.9 Å². The zero-order valence-electron chi connectivity index (χ0n) is 15.5. The molecular formula is C18H26N2O6. The fraction of sp³-hybridized carbons (Fsp3) is 0.667. The summed E-state index contributed by atoms with van der Waals surface area (Å²) in [7, 11) is 0. The third-order valence-corrected chi connectivity index (χ3v) is 3.79. The SMILES string of the molecule is C#CCO[C@H]1C(OC(C)C)[C@@H](COC(C)C)O[C@H]1n1ccc(=O)[nH]c1=O. The molecule has 0 saturated carbocycles. The number of H-pyrrole nitrogens is 1. The van der Waals surface area contributed by atoms with Crippen LogP contribution in [0, 0.1) is 12.3 Å². The Hall–Kier alpha value is -1.92. The summed E-state index contributed by atoms with van der Waals surface area (Å²) in [4.78, 5) is 25.8. The number of aromatic nitrogens is 2. The number of ether oxygens (including phenoxy) is 4. The van der Waals surface area contributed by atoms with E-state index in [1.165, 1.54) is 16.8 Å². The largest absolute Gasteiger partial charge is 0.376 e. The van der Waals surface area contributed by atoms with Crippen molar-refractivity contribution in [1.82, 2.24) is 9.55 Å². The van der Waals surface area contributed by atoms with Crippen molar-refractivity contribution in [3.63, 3.8) is 0 Å². The summed E-state index contributed by atoms with van der Waals surface area (Å²) in [6.45, 7) is 7.96. The van der Waals surface area contributed by atoms with E-state index in [-0.39, 0.29) is 25.4 Å². The van der Waals surface area contributed by atoms with Crippen LogP contribution in [0.15, 0.2) is 21.9 Å². The molecule has 1 saturated heterocycles. The first-order valence-corrected chi connectivity index (χ1v) is 8.62. The second-order valence-corrected chi connectivity index (χ2v) is 6.59. The monoisotopic (exact) mass is 366 g/mol. The van der Waals surface area contributed by atoms with Gasteiger partial charge < -0.3 is 18.9 Å². The first-order valence-electron chi connectivity index (χ1n) is 8.62. The Morgan fingerprint density at radius 2 is 2.00 bits per heavy atom. The van der Waals surface area contributed by atoms with Crippen molar-refractivity contribution >= 4 is 0 Å². The Bertz CT molecular complexity index is 732. The fourth-order valence-corrected chi connectivity index (χ4v) is 2.78. The van der Waals surface area contributed by atoms with Gasteiger partial charge in [-0.05, 0) is 27.7 Å². The van der Waals surface area contributed by atoms with Gasteiger partial charge in [0.05, 0.1) is 18.8 Å². The first kappa shape index (κ1) is 20.4. The highest BCUT2D eigenvalue weighted by molar-refractivity contribution is 4.96. The summed E-state index contributed by atoms with van der Waals surface area (Å²) in [5.74, 6) is 2.42. The molecule has 0 aliphatic carbocycles. The van der Waals surface area contributed by atoms with Crippen LogP contribution in [0.3, 0.4) is 0 Å². The molecule has 1 unspecified atom stereocenters. The van der Waals surface area contributed by atoms with Crippen LogP contribution in [0.1, 0.15) is 33.9 Å². The Balaban J connectivity index is 2.35. The maximum Gasteiger partial charge on any atom is 0.330 e. The standard InChI is InChI=1S/C18H26N2O6/c1-6-9-23-16-15(25-12(4)5)13(10-24-11(2)3)26-17(16)20-8-7-14(21)19-18(20)22/h1,7-8,11-13,15-17H,9-10H2,2-5H3,(H,19,21,22)/t13-,15?,16+,17-/m1/s1. The van der Waals surface area contributed by atoms with Gasteiger partial charge in [-0.2, -0.15) is 0 Å². The third-order valence-electron chi connectivity index (χ3n) is 3.79. The van der Waals surface area contributed by atoms with Crippen LogP contribution in [-0.4, -0.2) is 53.3 Å². The van der Waals surface area contributed by atoms with E-state index < -0.39 is 35.8 Å². The number of hydrogen-bond acceptors (Lipinski definition) is 6. The smallest absolute Gasteiger partial charge is 0.330 e. The molecule has 0 aromatic carbocycles. The van der Waals surface area contributed by atoms with Crippen molar-refractivity contribution in [3.8, 4) is 12.3 Å². The van der Waals surface area contributed by atoms with E-state index in [4.69, 9.17) is 25.4 Å². The van der Waals surface area contributed by atoms with E-state index in [0.29, 0.717) is 0 Å². The zero-order valence-corrected chi connectivity index (χ0v) is 15.5. The zero-order chi connectivity index (χ0) is 19.3. The summed E-state index contributed by atoms with van der Waals surface area (Å²) in [6.07, 6.45) is 4.26. The van der Waals surface area contributed by atoms with Gasteiger partial charge in [-0.1, -0.05) is 5.92 Å². The molecule has 0 spiro atoms. The minimum absolute atomic E-state index is 0.0122. The predicted molar refractivity (Wildman–Crippen MR) is 94.9 cm³/mol. The third kappa shape index (κ3) is 5.05. The maximum absolute atomic E-state index is 12.2. The quantitative estimate of drug-likeness (QED) is 0.680. The normalized spacial score (nSPS) is 25.7. The fourth-order valence-electron chi connectivity index (χ4n) is 2.78. The van der Waals surface area contributed by atoms with E-state index >= 15 is 0 Å². The number of terminal acetylenes is 1. The number of hydrogen-bond donors (Lipinski definition) is 1. The summed E-state index contributed by atoms with van der Waals surface area (Å²) >= 11 is 0. The molecule has 26 heavy (non-hydrogen) atoms. The lowest BCUT2D eigenvalue weighted by Gasteiger charge is -2.26. The van der Waals surface area contributed by atoms with E-state index in [0.717, 1.165) is 0 Å². The molecule has 1 aromatic heterocycles. The topological polar surface area (TPSA) is 91.8 Å². The van der Waals surface area contributed by atoms with Gasteiger partial charge in [-0.3, -0.25) is 14.3 Å². The number of rotatable bonds is 8. The molecule has 2 heterocycles. The van der Waals surface area contributed by atoms with Gasteiger partial charge >= 0.3 is 5.69 Å². The molecule has 2 rings (SSSR count). The first-order chi connectivity index (χ1) is 12.3. The molecule has 0 amide bonds. The second-order valence-electron chi connectivity index (χ2n) is 6.59. The molecule has 8 nitrogen and oxygen atoms in total. The van der Waals surface area contributed by atoms with Crippen molar-refractivity contribution < 1.29 is 18.9 Å². The summed E-state index contributed by atoms with van der Waals surface area (Å²) in [5, 5.41) is 0. The molecule has 144 valence electrons. The Morgan fingerprint density at radius 3 is 2.58 bits per heavy atom. The highest BCUT2D eigenvalue weighted by Crippen LogP contribution is 2.33. The highest BCUT2D eigenvalue weighted by Gasteiger charge is 2.48. The maximum atomic E-state index is 12.2. The van der Waals surface area contributed by atoms with Crippen molar-refractivity contribution in [2.75, 3.05) is 13.2 Å². The van der Waals surface area contributed by atoms with Crippen molar-refractivity contribution in [2.45, 2.75) is 64.4 Å². The number of aromatic amines is 1. The summed E-state index contributed by atoms with van der Waals surface area (Å²) < 4.78 is 24.7. The molecule has 0 bridgehead atoms. The Morgan fingerprint density at radius 1 is 1.27 bits per heavy atom. The van der Waals surface area contributed by atoms with E-state index in [2.05, 4.69) is 10.9 Å². The molecule has 0 radical (unpaired) electrons. The lowest BCUT2D eigenvalue weighted by Crippen LogP contribution is -2.42. The van der Waals surface area contributed by atoms with Crippen LogP contribution < -0.4 is 11.2 Å². The van der Waals surface area contributed by atoms with E-state index in [9.17, 15) is 9.59 Å². The van der Waals surface area contributed by atoms with Gasteiger partial charge in [0.25, 0.3) is 5.56 Å². The average Bonchev–Trinajstić information content (AvgIpc) is 2.87. The molecule has 4 atom stereocenters. The van der Waals surface area contributed by atoms with Crippen LogP contribution in [0.25, 0.3) is 0 Å². The molecule has 1 N–H and O–H groups in total. The van der Waals surface area contributed by atoms with Crippen molar-refractivity contribution in [1.29, 1.82) is 0 Å². The lowest BCUT2D eigenvalue weighted by molar-refractivity contribution is -0.101. The molecule has 8 heteroatoms. The van der Waals surface area contributed by atoms with Gasteiger partial charge in [-0.25, -0.2) is 4.79 Å². The molecule has 1 aliphatic heterocycles. The summed E-state index contributed by atoms with van der Waals surface area (Å²) in [5.41, 5.74) is -1.08. The van der Waals surface area contributed by atoms with Crippen molar-refractivity contribution in [3.05, 3.63) is 33.1 Å². The van der Waals surface area contributed by atoms with Crippen LogP contribution in [0.2, 0.25) is 0 Å². The predicted octanol–water partition coefficient (Wildman–Crippen LogP) is 0.671. The minimum Gasteiger partial charge on any atom is -0.376 e.